The summed E-state index contributed by atoms with van der Waals surface area (Å²) in [5, 5.41) is 24.1. The predicted octanol–water partition coefficient (Wildman–Crippen LogP) is 3.10. The number of phenols is 1. The second kappa shape index (κ2) is 9.70. The topological polar surface area (TPSA) is 117 Å². The molecule has 3 aromatic rings. The highest BCUT2D eigenvalue weighted by molar-refractivity contribution is 7.92. The van der Waals surface area contributed by atoms with Crippen LogP contribution in [0.1, 0.15) is 28.8 Å². The first-order valence-electron chi connectivity index (χ1n) is 10.4. The zero-order valence-electron chi connectivity index (χ0n) is 18.1. The molecule has 2 unspecified atom stereocenters. The van der Waals surface area contributed by atoms with E-state index in [0.717, 1.165) is 17.4 Å². The molecule has 0 saturated heterocycles. The Balaban J connectivity index is 1.52. The van der Waals surface area contributed by atoms with E-state index in [2.05, 4.69) is 10.0 Å². The average molecular weight is 471 g/mol. The third-order valence-electron chi connectivity index (χ3n) is 5.34. The van der Waals surface area contributed by atoms with Gasteiger partial charge in [0.05, 0.1) is 18.0 Å². The predicted molar refractivity (Wildman–Crippen MR) is 125 cm³/mol. The van der Waals surface area contributed by atoms with Crippen molar-refractivity contribution >= 4 is 15.7 Å². The van der Waals surface area contributed by atoms with Crippen molar-refractivity contribution in [2.45, 2.75) is 18.6 Å². The molecule has 0 spiro atoms. The number of rotatable bonds is 9. The van der Waals surface area contributed by atoms with Crippen molar-refractivity contribution in [3.63, 3.8) is 0 Å². The number of benzene rings is 3. The lowest BCUT2D eigenvalue weighted by molar-refractivity contribution is 0.169. The minimum atomic E-state index is -3.57. The van der Waals surface area contributed by atoms with Crippen LogP contribution in [0.4, 0.5) is 5.69 Å². The van der Waals surface area contributed by atoms with Crippen molar-refractivity contribution in [3.8, 4) is 17.2 Å². The molecule has 4 rings (SSSR count). The summed E-state index contributed by atoms with van der Waals surface area (Å²) in [6, 6.07) is 20.0. The summed E-state index contributed by atoms with van der Waals surface area (Å²) in [5.41, 5.74) is 2.60. The van der Waals surface area contributed by atoms with E-state index in [9.17, 15) is 18.6 Å². The minimum absolute atomic E-state index is 0.0191. The first kappa shape index (κ1) is 22.9. The van der Waals surface area contributed by atoms with Crippen molar-refractivity contribution < 1.29 is 28.1 Å². The van der Waals surface area contributed by atoms with Gasteiger partial charge in [-0.1, -0.05) is 42.5 Å². The monoisotopic (exact) mass is 470 g/mol. The van der Waals surface area contributed by atoms with Crippen LogP contribution in [0.5, 0.6) is 17.2 Å². The van der Waals surface area contributed by atoms with Crippen molar-refractivity contribution in [3.05, 3.63) is 83.4 Å². The maximum atomic E-state index is 11.5. The summed E-state index contributed by atoms with van der Waals surface area (Å²) in [6.07, 6.45) is 0.748. The number of hydrogen-bond donors (Lipinski definition) is 4. The maximum Gasteiger partial charge on any atom is 0.231 e. The SMILES string of the molecule is CS(=O)(=O)Nc1cc(C(O)CNC(Cc2ccccc2)c2ccc3c(c2)OCO3)ccc1O. The van der Waals surface area contributed by atoms with Gasteiger partial charge in [-0.25, -0.2) is 8.42 Å². The molecule has 0 amide bonds. The Morgan fingerprint density at radius 2 is 1.70 bits per heavy atom. The lowest BCUT2D eigenvalue weighted by Gasteiger charge is -2.22. The van der Waals surface area contributed by atoms with Crippen LogP contribution in [0.25, 0.3) is 0 Å². The second-order valence-corrected chi connectivity index (χ2v) is 9.68. The minimum Gasteiger partial charge on any atom is -0.506 e. The van der Waals surface area contributed by atoms with Gasteiger partial charge in [-0.05, 0) is 47.4 Å². The molecule has 1 aliphatic rings. The van der Waals surface area contributed by atoms with Crippen LogP contribution in [0.15, 0.2) is 66.7 Å². The molecule has 0 saturated carbocycles. The summed E-state index contributed by atoms with van der Waals surface area (Å²) in [4.78, 5) is 0. The lowest BCUT2D eigenvalue weighted by atomic mass is 9.97. The van der Waals surface area contributed by atoms with E-state index < -0.39 is 16.1 Å². The number of aliphatic hydroxyl groups excluding tert-OH is 1. The average Bonchev–Trinajstić information content (AvgIpc) is 3.25. The molecule has 0 aliphatic carbocycles. The number of ether oxygens (including phenoxy) is 2. The maximum absolute atomic E-state index is 11.5. The highest BCUT2D eigenvalue weighted by atomic mass is 32.2. The zero-order chi connectivity index (χ0) is 23.4. The standard InChI is InChI=1S/C24H26N2O6S/c1-33(29,30)26-20-12-18(7-9-21(20)27)22(28)14-25-19(11-16-5-3-2-4-6-16)17-8-10-23-24(13-17)32-15-31-23/h2-10,12-13,19,22,25-28H,11,14-15H2,1H3. The van der Waals surface area contributed by atoms with Gasteiger partial charge < -0.3 is 25.0 Å². The summed E-state index contributed by atoms with van der Waals surface area (Å²) in [6.45, 7) is 0.397. The third-order valence-corrected chi connectivity index (χ3v) is 5.93. The molecule has 3 aromatic carbocycles. The van der Waals surface area contributed by atoms with Gasteiger partial charge in [0.25, 0.3) is 0 Å². The van der Waals surface area contributed by atoms with E-state index in [4.69, 9.17) is 9.47 Å². The quantitative estimate of drug-likeness (QED) is 0.355. The van der Waals surface area contributed by atoms with Crippen LogP contribution in [0.2, 0.25) is 0 Å². The van der Waals surface area contributed by atoms with Gasteiger partial charge in [-0.15, -0.1) is 0 Å². The largest absolute Gasteiger partial charge is 0.506 e. The van der Waals surface area contributed by atoms with Crippen LogP contribution in [-0.4, -0.2) is 38.2 Å². The highest BCUT2D eigenvalue weighted by Gasteiger charge is 2.20. The van der Waals surface area contributed by atoms with E-state index in [1.807, 2.05) is 48.5 Å². The molecule has 0 fully saturated rings. The van der Waals surface area contributed by atoms with E-state index in [0.29, 0.717) is 23.5 Å². The van der Waals surface area contributed by atoms with Crippen molar-refractivity contribution in [1.29, 1.82) is 0 Å². The zero-order valence-corrected chi connectivity index (χ0v) is 18.9. The van der Waals surface area contributed by atoms with Gasteiger partial charge in [0.15, 0.2) is 11.5 Å². The Bertz CT molecular complexity index is 1220. The molecular weight excluding hydrogens is 444 g/mol. The number of anilines is 1. The number of aliphatic hydroxyl groups is 1. The van der Waals surface area contributed by atoms with Gasteiger partial charge in [0.2, 0.25) is 16.8 Å². The fourth-order valence-electron chi connectivity index (χ4n) is 3.70. The van der Waals surface area contributed by atoms with E-state index in [1.54, 1.807) is 6.07 Å². The number of phenolic OH excluding ortho intramolecular Hbond substituents is 1. The van der Waals surface area contributed by atoms with Crippen LogP contribution >= 0.6 is 0 Å². The van der Waals surface area contributed by atoms with Crippen LogP contribution in [-0.2, 0) is 16.4 Å². The molecule has 4 N–H and O–H groups in total. The Morgan fingerprint density at radius 1 is 0.970 bits per heavy atom. The van der Waals surface area contributed by atoms with E-state index >= 15 is 0 Å². The number of sulfonamides is 1. The molecule has 33 heavy (non-hydrogen) atoms. The fourth-order valence-corrected chi connectivity index (χ4v) is 4.26. The van der Waals surface area contributed by atoms with Gasteiger partial charge in [-0.2, -0.15) is 0 Å². The van der Waals surface area contributed by atoms with Gasteiger partial charge in [-0.3, -0.25) is 4.72 Å². The molecule has 0 radical (unpaired) electrons. The number of hydrogen-bond acceptors (Lipinski definition) is 7. The number of nitrogens with one attached hydrogen (secondary N) is 2. The van der Waals surface area contributed by atoms with Crippen LogP contribution in [0, 0.1) is 0 Å². The summed E-state index contributed by atoms with van der Waals surface area (Å²) in [7, 11) is -3.57. The Morgan fingerprint density at radius 3 is 2.45 bits per heavy atom. The fraction of sp³-hybridized carbons (Fsp3) is 0.250. The Kier molecular flexibility index (Phi) is 6.73. The number of aromatic hydroxyl groups is 1. The van der Waals surface area contributed by atoms with Gasteiger partial charge >= 0.3 is 0 Å². The van der Waals surface area contributed by atoms with Crippen molar-refractivity contribution in [2.75, 3.05) is 24.3 Å². The molecule has 0 bridgehead atoms. The Labute approximate surface area is 192 Å². The molecule has 1 aliphatic heterocycles. The molecular formula is C24H26N2O6S. The molecule has 2 atom stereocenters. The highest BCUT2D eigenvalue weighted by Crippen LogP contribution is 2.35. The van der Waals surface area contributed by atoms with Gasteiger partial charge in [0.1, 0.15) is 5.75 Å². The van der Waals surface area contributed by atoms with Gasteiger partial charge in [0, 0.05) is 12.6 Å². The summed E-state index contributed by atoms with van der Waals surface area (Å²) >= 11 is 0. The van der Waals surface area contributed by atoms with Crippen molar-refractivity contribution in [1.82, 2.24) is 5.32 Å². The molecule has 0 aromatic heterocycles. The molecule has 8 nitrogen and oxygen atoms in total. The first-order valence-corrected chi connectivity index (χ1v) is 12.3. The van der Waals surface area contributed by atoms with Crippen molar-refractivity contribution in [2.24, 2.45) is 0 Å². The van der Waals surface area contributed by atoms with Crippen LogP contribution in [0.3, 0.4) is 0 Å². The summed E-state index contributed by atoms with van der Waals surface area (Å²) in [5.74, 6) is 1.17. The second-order valence-electron chi connectivity index (χ2n) is 7.93. The third kappa shape index (κ3) is 5.95. The lowest BCUT2D eigenvalue weighted by Crippen LogP contribution is -2.28. The van der Waals surface area contributed by atoms with Crippen LogP contribution < -0.4 is 19.5 Å². The molecule has 174 valence electrons. The first-order chi connectivity index (χ1) is 15.8. The number of fused-ring (bicyclic) bond motifs is 1. The molecule has 9 heteroatoms. The summed E-state index contributed by atoms with van der Waals surface area (Å²) < 4.78 is 36.3. The van der Waals surface area contributed by atoms with E-state index in [-0.39, 0.29) is 30.8 Å². The van der Waals surface area contributed by atoms with E-state index in [1.165, 1.54) is 12.1 Å². The smallest absolute Gasteiger partial charge is 0.231 e. The molecule has 1 heterocycles. The Hall–Kier alpha value is -3.27. The normalized spacial score (nSPS) is 14.6.